The lowest BCUT2D eigenvalue weighted by Crippen LogP contribution is -2.16. The van der Waals surface area contributed by atoms with E-state index in [4.69, 9.17) is 0 Å². The van der Waals surface area contributed by atoms with E-state index in [-0.39, 0.29) is 6.10 Å². The van der Waals surface area contributed by atoms with Gasteiger partial charge in [0.15, 0.2) is 0 Å². The third kappa shape index (κ3) is 2.80. The smallest absolute Gasteiger partial charge is 0.101 e. The van der Waals surface area contributed by atoms with E-state index >= 15 is 0 Å². The fourth-order valence-electron chi connectivity index (χ4n) is 0.816. The molecule has 0 fully saturated rings. The molecule has 0 spiro atoms. The SMILES string of the molecule is CCC(C)C(CC)OF. The molecule has 0 aliphatic carbocycles. The Morgan fingerprint density at radius 1 is 1.33 bits per heavy atom. The van der Waals surface area contributed by atoms with Gasteiger partial charge in [-0.15, -0.1) is 0 Å². The van der Waals surface area contributed by atoms with E-state index in [0.29, 0.717) is 5.92 Å². The molecular formula is C7H15FO. The first-order chi connectivity index (χ1) is 4.26. The molecule has 0 aliphatic rings. The summed E-state index contributed by atoms with van der Waals surface area (Å²) >= 11 is 0. The van der Waals surface area contributed by atoms with E-state index in [1.807, 2.05) is 20.8 Å². The molecule has 56 valence electrons. The minimum atomic E-state index is -0.199. The van der Waals surface area contributed by atoms with Gasteiger partial charge in [0.2, 0.25) is 0 Å². The number of halogens is 1. The first-order valence-electron chi connectivity index (χ1n) is 3.53. The molecule has 1 nitrogen and oxygen atoms in total. The van der Waals surface area contributed by atoms with Gasteiger partial charge in [-0.3, -0.25) is 0 Å². The van der Waals surface area contributed by atoms with Crippen LogP contribution in [0.15, 0.2) is 0 Å². The summed E-state index contributed by atoms with van der Waals surface area (Å²) in [7, 11) is 0. The van der Waals surface area contributed by atoms with E-state index in [9.17, 15) is 4.53 Å². The normalized spacial score (nSPS) is 17.3. The first-order valence-corrected chi connectivity index (χ1v) is 3.53. The van der Waals surface area contributed by atoms with Crippen LogP contribution < -0.4 is 0 Å². The van der Waals surface area contributed by atoms with E-state index in [0.717, 1.165) is 12.8 Å². The molecule has 0 aromatic carbocycles. The highest BCUT2D eigenvalue weighted by Crippen LogP contribution is 2.14. The van der Waals surface area contributed by atoms with E-state index in [2.05, 4.69) is 4.94 Å². The van der Waals surface area contributed by atoms with Crippen molar-refractivity contribution in [3.63, 3.8) is 0 Å². The molecule has 0 aliphatic heterocycles. The van der Waals surface area contributed by atoms with Crippen LogP contribution in [0, 0.1) is 5.92 Å². The summed E-state index contributed by atoms with van der Waals surface area (Å²) in [5.74, 6) is 0.333. The van der Waals surface area contributed by atoms with Gasteiger partial charge in [-0.05, 0) is 16.9 Å². The lowest BCUT2D eigenvalue weighted by molar-refractivity contribution is -0.195. The Bertz CT molecular complexity index is 61.9. The minimum Gasteiger partial charge on any atom is -0.191 e. The van der Waals surface area contributed by atoms with Crippen molar-refractivity contribution in [2.75, 3.05) is 0 Å². The Labute approximate surface area is 56.1 Å². The van der Waals surface area contributed by atoms with E-state index in [1.165, 1.54) is 0 Å². The molecule has 0 amide bonds. The Balaban J connectivity index is 3.50. The van der Waals surface area contributed by atoms with Crippen LogP contribution in [0.5, 0.6) is 0 Å². The highest BCUT2D eigenvalue weighted by atomic mass is 19.3. The Morgan fingerprint density at radius 2 is 1.89 bits per heavy atom. The summed E-state index contributed by atoms with van der Waals surface area (Å²) in [6.07, 6.45) is 1.53. The topological polar surface area (TPSA) is 9.23 Å². The highest BCUT2D eigenvalue weighted by molar-refractivity contribution is 4.60. The van der Waals surface area contributed by atoms with Crippen molar-refractivity contribution in [2.24, 2.45) is 5.92 Å². The maximum Gasteiger partial charge on any atom is 0.101 e. The quantitative estimate of drug-likeness (QED) is 0.574. The summed E-state index contributed by atoms with van der Waals surface area (Å²) in [4.78, 5) is 3.75. The van der Waals surface area contributed by atoms with Crippen molar-refractivity contribution in [3.05, 3.63) is 0 Å². The van der Waals surface area contributed by atoms with Crippen LogP contribution in [0.25, 0.3) is 0 Å². The zero-order valence-corrected chi connectivity index (χ0v) is 6.36. The average Bonchev–Trinajstić information content (AvgIpc) is 1.90. The molecule has 0 rings (SSSR count). The second-order valence-electron chi connectivity index (χ2n) is 2.42. The van der Waals surface area contributed by atoms with Gasteiger partial charge in [-0.1, -0.05) is 27.2 Å². The molecule has 0 saturated carbocycles. The van der Waals surface area contributed by atoms with Crippen LogP contribution >= 0.6 is 0 Å². The second kappa shape index (κ2) is 4.74. The molecule has 2 atom stereocenters. The molecule has 0 N–H and O–H groups in total. The Hall–Kier alpha value is -0.110. The van der Waals surface area contributed by atoms with E-state index < -0.39 is 0 Å². The molecule has 0 saturated heterocycles. The van der Waals surface area contributed by atoms with Crippen molar-refractivity contribution in [2.45, 2.75) is 39.7 Å². The number of hydrogen-bond acceptors (Lipinski definition) is 1. The Kier molecular flexibility index (Phi) is 4.68. The van der Waals surface area contributed by atoms with Crippen LogP contribution in [0.3, 0.4) is 0 Å². The first kappa shape index (κ1) is 8.89. The molecule has 0 bridgehead atoms. The molecule has 0 heterocycles. The van der Waals surface area contributed by atoms with Gasteiger partial charge in [-0.25, -0.2) is 0 Å². The van der Waals surface area contributed by atoms with Gasteiger partial charge in [0, 0.05) is 0 Å². The van der Waals surface area contributed by atoms with Crippen LogP contribution in [0.4, 0.5) is 4.53 Å². The maximum absolute atomic E-state index is 11.6. The summed E-state index contributed by atoms with van der Waals surface area (Å²) < 4.78 is 11.6. The standard InChI is InChI=1S/C7H15FO/c1-4-6(3)7(5-2)9-8/h6-7H,4-5H2,1-3H3. The largest absolute Gasteiger partial charge is 0.191 e. The molecule has 9 heavy (non-hydrogen) atoms. The highest BCUT2D eigenvalue weighted by Gasteiger charge is 2.13. The fraction of sp³-hybridized carbons (Fsp3) is 1.00. The molecule has 0 aromatic heterocycles. The third-order valence-electron chi connectivity index (χ3n) is 1.80. The molecule has 0 aromatic rings. The average molecular weight is 134 g/mol. The van der Waals surface area contributed by atoms with Crippen LogP contribution in [0.2, 0.25) is 0 Å². The second-order valence-corrected chi connectivity index (χ2v) is 2.42. The van der Waals surface area contributed by atoms with Gasteiger partial charge in [0.05, 0.1) is 0 Å². The van der Waals surface area contributed by atoms with Crippen molar-refractivity contribution in [1.82, 2.24) is 0 Å². The third-order valence-corrected chi connectivity index (χ3v) is 1.80. The summed E-state index contributed by atoms with van der Waals surface area (Å²) in [6.45, 7) is 5.95. The summed E-state index contributed by atoms with van der Waals surface area (Å²) in [5, 5.41) is 0. The van der Waals surface area contributed by atoms with Gasteiger partial charge in [0.1, 0.15) is 6.10 Å². The lowest BCUT2D eigenvalue weighted by atomic mass is 10.0. The minimum absolute atomic E-state index is 0.199. The Morgan fingerprint density at radius 3 is 2.00 bits per heavy atom. The van der Waals surface area contributed by atoms with Crippen LogP contribution in [-0.4, -0.2) is 6.10 Å². The van der Waals surface area contributed by atoms with Crippen molar-refractivity contribution < 1.29 is 9.47 Å². The molecule has 2 heteroatoms. The predicted molar refractivity (Wildman–Crippen MR) is 35.7 cm³/mol. The maximum atomic E-state index is 11.6. The van der Waals surface area contributed by atoms with Gasteiger partial charge < -0.3 is 0 Å². The summed E-state index contributed by atoms with van der Waals surface area (Å²) in [5.41, 5.74) is 0. The molecular weight excluding hydrogens is 119 g/mol. The van der Waals surface area contributed by atoms with Gasteiger partial charge in [-0.2, -0.15) is 4.94 Å². The zero-order chi connectivity index (χ0) is 7.28. The van der Waals surface area contributed by atoms with Crippen LogP contribution in [0.1, 0.15) is 33.6 Å². The zero-order valence-electron chi connectivity index (χ0n) is 6.36. The van der Waals surface area contributed by atoms with Gasteiger partial charge in [0.25, 0.3) is 0 Å². The van der Waals surface area contributed by atoms with Gasteiger partial charge >= 0.3 is 0 Å². The van der Waals surface area contributed by atoms with Crippen molar-refractivity contribution in [1.29, 1.82) is 0 Å². The number of hydrogen-bond donors (Lipinski definition) is 0. The monoisotopic (exact) mass is 134 g/mol. The van der Waals surface area contributed by atoms with Crippen molar-refractivity contribution >= 4 is 0 Å². The number of rotatable bonds is 4. The predicted octanol–water partition coefficient (Wildman–Crippen LogP) is 2.71. The molecule has 0 radical (unpaired) electrons. The van der Waals surface area contributed by atoms with E-state index in [1.54, 1.807) is 0 Å². The summed E-state index contributed by atoms with van der Waals surface area (Å²) in [6, 6.07) is 0. The lowest BCUT2D eigenvalue weighted by Gasteiger charge is -2.15. The van der Waals surface area contributed by atoms with Crippen molar-refractivity contribution in [3.8, 4) is 0 Å². The van der Waals surface area contributed by atoms with Crippen LogP contribution in [-0.2, 0) is 4.94 Å². The fourth-order valence-corrected chi connectivity index (χ4v) is 0.816. The molecule has 2 unspecified atom stereocenters.